The van der Waals surface area contributed by atoms with Crippen molar-refractivity contribution in [3.05, 3.63) is 42.2 Å². The minimum atomic E-state index is -0.725. The molecule has 2 unspecified atom stereocenters. The molecule has 0 aromatic carbocycles. The van der Waals surface area contributed by atoms with Gasteiger partial charge >= 0.3 is 5.97 Å². The highest BCUT2D eigenvalue weighted by atomic mass is 16.5. The summed E-state index contributed by atoms with van der Waals surface area (Å²) in [5, 5.41) is 0. The third-order valence-electron chi connectivity index (χ3n) is 3.06. The summed E-state index contributed by atoms with van der Waals surface area (Å²) in [5.74, 6) is -1.49. The van der Waals surface area contributed by atoms with Gasteiger partial charge in [-0.2, -0.15) is 0 Å². The van der Waals surface area contributed by atoms with Crippen molar-refractivity contribution in [2.45, 2.75) is 19.3 Å². The quantitative estimate of drug-likeness (QED) is 0.602. The predicted molar refractivity (Wildman–Crippen MR) is 65.9 cm³/mol. The van der Waals surface area contributed by atoms with Crippen molar-refractivity contribution in [1.82, 2.24) is 4.98 Å². The van der Waals surface area contributed by atoms with Gasteiger partial charge in [-0.3, -0.25) is 14.6 Å². The number of allylic oxidation sites excluding steroid dienone is 2. The van der Waals surface area contributed by atoms with Gasteiger partial charge in [-0.05, 0) is 37.1 Å². The molecule has 1 heterocycles. The highest BCUT2D eigenvalue weighted by Gasteiger charge is 2.37. The molecule has 18 heavy (non-hydrogen) atoms. The third kappa shape index (κ3) is 2.47. The van der Waals surface area contributed by atoms with Crippen molar-refractivity contribution in [2.75, 3.05) is 6.61 Å². The second-order valence-electron chi connectivity index (χ2n) is 4.16. The zero-order valence-electron chi connectivity index (χ0n) is 10.2. The van der Waals surface area contributed by atoms with Gasteiger partial charge in [0.2, 0.25) is 0 Å². The first-order valence-corrected chi connectivity index (χ1v) is 6.01. The fourth-order valence-corrected chi connectivity index (χ4v) is 2.22. The lowest BCUT2D eigenvalue weighted by Gasteiger charge is -2.25. The largest absolute Gasteiger partial charge is 0.465 e. The minimum absolute atomic E-state index is 0.149. The number of esters is 1. The Balaban J connectivity index is 2.30. The minimum Gasteiger partial charge on any atom is -0.465 e. The molecule has 0 spiro atoms. The van der Waals surface area contributed by atoms with Gasteiger partial charge in [0.1, 0.15) is 5.92 Å². The van der Waals surface area contributed by atoms with E-state index in [1.54, 1.807) is 19.3 Å². The fourth-order valence-electron chi connectivity index (χ4n) is 2.22. The first-order valence-electron chi connectivity index (χ1n) is 6.01. The van der Waals surface area contributed by atoms with Gasteiger partial charge in [0, 0.05) is 18.3 Å². The number of nitrogens with zero attached hydrogens (tertiary/aromatic N) is 1. The van der Waals surface area contributed by atoms with Crippen molar-refractivity contribution in [3.8, 4) is 0 Å². The van der Waals surface area contributed by atoms with Gasteiger partial charge in [-0.15, -0.1) is 0 Å². The summed E-state index contributed by atoms with van der Waals surface area (Å²) in [6, 6.07) is 3.67. The first kappa shape index (κ1) is 12.5. The Hall–Kier alpha value is -1.97. The molecule has 1 aliphatic rings. The number of aromatic nitrogens is 1. The van der Waals surface area contributed by atoms with Crippen molar-refractivity contribution < 1.29 is 14.3 Å². The molecular weight excluding hydrogens is 230 g/mol. The van der Waals surface area contributed by atoms with Crippen LogP contribution in [-0.4, -0.2) is 23.3 Å². The summed E-state index contributed by atoms with van der Waals surface area (Å²) in [7, 11) is 0. The van der Waals surface area contributed by atoms with Gasteiger partial charge < -0.3 is 4.74 Å². The molecule has 0 amide bonds. The lowest BCUT2D eigenvalue weighted by molar-refractivity contribution is -0.151. The van der Waals surface area contributed by atoms with Gasteiger partial charge in [0.05, 0.1) is 6.61 Å². The van der Waals surface area contributed by atoms with E-state index in [0.717, 1.165) is 5.56 Å². The van der Waals surface area contributed by atoms with Crippen molar-refractivity contribution in [3.63, 3.8) is 0 Å². The lowest BCUT2D eigenvalue weighted by Crippen LogP contribution is -2.32. The molecule has 4 heteroatoms. The normalized spacial score (nSPS) is 22.8. The smallest absolute Gasteiger partial charge is 0.317 e. The Morgan fingerprint density at radius 3 is 2.83 bits per heavy atom. The summed E-state index contributed by atoms with van der Waals surface area (Å²) in [6.07, 6.45) is 7.28. The van der Waals surface area contributed by atoms with Crippen LogP contribution < -0.4 is 0 Å². The van der Waals surface area contributed by atoms with E-state index in [4.69, 9.17) is 4.74 Å². The molecule has 0 bridgehead atoms. The van der Waals surface area contributed by atoms with Crippen LogP contribution in [0.15, 0.2) is 36.7 Å². The number of pyridine rings is 1. The summed E-state index contributed by atoms with van der Waals surface area (Å²) >= 11 is 0. The summed E-state index contributed by atoms with van der Waals surface area (Å²) in [4.78, 5) is 27.7. The molecule has 4 nitrogen and oxygen atoms in total. The standard InChI is InChI=1S/C14H15NO3/c1-2-18-14(17)13-11(4-3-5-12(13)16)10-6-8-15-9-7-10/h3,5-9,11,13H,2,4H2,1H3. The molecule has 1 aliphatic carbocycles. The third-order valence-corrected chi connectivity index (χ3v) is 3.06. The van der Waals surface area contributed by atoms with E-state index in [1.165, 1.54) is 6.08 Å². The topological polar surface area (TPSA) is 56.3 Å². The lowest BCUT2D eigenvalue weighted by atomic mass is 9.78. The maximum atomic E-state index is 11.9. The van der Waals surface area contributed by atoms with Crippen LogP contribution in [0.5, 0.6) is 0 Å². The van der Waals surface area contributed by atoms with Crippen molar-refractivity contribution in [1.29, 1.82) is 0 Å². The van der Waals surface area contributed by atoms with Crippen molar-refractivity contribution >= 4 is 11.8 Å². The zero-order chi connectivity index (χ0) is 13.0. The second kappa shape index (κ2) is 5.58. The molecular formula is C14H15NO3. The van der Waals surface area contributed by atoms with E-state index in [-0.39, 0.29) is 18.3 Å². The van der Waals surface area contributed by atoms with E-state index < -0.39 is 11.9 Å². The van der Waals surface area contributed by atoms with Crippen LogP contribution in [0.3, 0.4) is 0 Å². The van der Waals surface area contributed by atoms with Crippen LogP contribution in [0, 0.1) is 5.92 Å². The number of hydrogen-bond donors (Lipinski definition) is 0. The highest BCUT2D eigenvalue weighted by Crippen LogP contribution is 2.33. The summed E-state index contributed by atoms with van der Waals surface area (Å²) in [6.45, 7) is 2.03. The highest BCUT2D eigenvalue weighted by molar-refractivity contribution is 6.06. The maximum Gasteiger partial charge on any atom is 0.317 e. The Morgan fingerprint density at radius 1 is 1.44 bits per heavy atom. The van der Waals surface area contributed by atoms with Crippen LogP contribution in [0.25, 0.3) is 0 Å². The SMILES string of the molecule is CCOC(=O)C1C(=O)C=CCC1c1ccncc1. The van der Waals surface area contributed by atoms with Gasteiger partial charge in [-0.25, -0.2) is 0 Å². The predicted octanol–water partition coefficient (Wildman–Crippen LogP) is 1.87. The van der Waals surface area contributed by atoms with E-state index in [2.05, 4.69) is 4.98 Å². The monoisotopic (exact) mass is 245 g/mol. The average Bonchev–Trinajstić information content (AvgIpc) is 2.39. The van der Waals surface area contributed by atoms with Crippen LogP contribution in [0.2, 0.25) is 0 Å². The average molecular weight is 245 g/mol. The van der Waals surface area contributed by atoms with Crippen LogP contribution >= 0.6 is 0 Å². The van der Waals surface area contributed by atoms with Crippen LogP contribution in [-0.2, 0) is 14.3 Å². The maximum absolute atomic E-state index is 11.9. The van der Waals surface area contributed by atoms with Crippen molar-refractivity contribution in [2.24, 2.45) is 5.92 Å². The molecule has 0 radical (unpaired) electrons. The number of carbonyl (C=O) groups excluding carboxylic acids is 2. The molecule has 1 aromatic rings. The van der Waals surface area contributed by atoms with Crippen LogP contribution in [0.4, 0.5) is 0 Å². The van der Waals surface area contributed by atoms with Gasteiger partial charge in [0.15, 0.2) is 5.78 Å². The number of rotatable bonds is 3. The fraction of sp³-hybridized carbons (Fsp3) is 0.357. The van der Waals surface area contributed by atoms with E-state index in [1.807, 2.05) is 18.2 Å². The van der Waals surface area contributed by atoms with E-state index in [0.29, 0.717) is 6.42 Å². The summed E-state index contributed by atoms with van der Waals surface area (Å²) in [5.41, 5.74) is 0.945. The second-order valence-corrected chi connectivity index (χ2v) is 4.16. The number of ketones is 1. The Morgan fingerprint density at radius 2 is 2.17 bits per heavy atom. The van der Waals surface area contributed by atoms with E-state index >= 15 is 0 Å². The summed E-state index contributed by atoms with van der Waals surface area (Å²) < 4.78 is 4.99. The number of ether oxygens (including phenoxy) is 1. The Bertz CT molecular complexity index is 467. The molecule has 94 valence electrons. The zero-order valence-corrected chi connectivity index (χ0v) is 10.2. The molecule has 0 aliphatic heterocycles. The molecule has 0 saturated carbocycles. The molecule has 1 aromatic heterocycles. The van der Waals surface area contributed by atoms with Crippen LogP contribution in [0.1, 0.15) is 24.8 Å². The van der Waals surface area contributed by atoms with Gasteiger partial charge in [0.25, 0.3) is 0 Å². The number of carbonyl (C=O) groups is 2. The Labute approximate surface area is 106 Å². The molecule has 0 N–H and O–H groups in total. The van der Waals surface area contributed by atoms with E-state index in [9.17, 15) is 9.59 Å². The molecule has 2 atom stereocenters. The molecule has 2 rings (SSSR count). The Kier molecular flexibility index (Phi) is 3.87. The van der Waals surface area contributed by atoms with Gasteiger partial charge in [-0.1, -0.05) is 6.08 Å². The molecule has 0 fully saturated rings. The molecule has 0 saturated heterocycles. The number of hydrogen-bond acceptors (Lipinski definition) is 4. The first-order chi connectivity index (χ1) is 8.74.